The maximum atomic E-state index is 8.58. The average molecular weight is 320 g/mol. The lowest BCUT2D eigenvalue weighted by molar-refractivity contribution is 0.145. The molecule has 1 aromatic rings. The molecule has 0 amide bonds. The van der Waals surface area contributed by atoms with E-state index in [2.05, 4.69) is 10.1 Å². The Hall–Kier alpha value is -1.01. The highest BCUT2D eigenvalue weighted by Crippen LogP contribution is 2.25. The van der Waals surface area contributed by atoms with Gasteiger partial charge in [0, 0.05) is 48.8 Å². The molecule has 0 aromatic heterocycles. The zero-order valence-corrected chi connectivity index (χ0v) is 12.9. The Bertz CT molecular complexity index is 435. The van der Waals surface area contributed by atoms with Crippen molar-refractivity contribution in [1.29, 1.82) is 0 Å². The topological polar surface area (TPSA) is 71.1 Å². The maximum absolute atomic E-state index is 8.58. The minimum absolute atomic E-state index is 0.192. The molecule has 0 atom stereocenters. The Labute approximate surface area is 128 Å². The van der Waals surface area contributed by atoms with Crippen LogP contribution in [0.5, 0.6) is 0 Å². The number of hydrogen-bond acceptors (Lipinski definition) is 4. The zero-order valence-electron chi connectivity index (χ0n) is 11.4. The molecule has 20 heavy (non-hydrogen) atoms. The van der Waals surface area contributed by atoms with E-state index in [1.54, 1.807) is 19.2 Å². The molecule has 0 heterocycles. The van der Waals surface area contributed by atoms with Crippen molar-refractivity contribution in [2.45, 2.75) is 13.0 Å². The van der Waals surface area contributed by atoms with Crippen LogP contribution in [0.4, 0.5) is 0 Å². The Morgan fingerprint density at radius 2 is 2.00 bits per heavy atom. The second kappa shape index (κ2) is 9.02. The summed E-state index contributed by atoms with van der Waals surface area (Å²) in [5, 5.41) is 12.8. The van der Waals surface area contributed by atoms with Gasteiger partial charge in [0.2, 0.25) is 0 Å². The summed E-state index contributed by atoms with van der Waals surface area (Å²) < 4.78 is 5.09. The van der Waals surface area contributed by atoms with Crippen molar-refractivity contribution in [2.24, 2.45) is 10.9 Å². The minimum atomic E-state index is 0.192. The number of methoxy groups -OCH3 is 1. The molecule has 0 aliphatic carbocycles. The molecule has 3 N–H and O–H groups in total. The first kappa shape index (κ1) is 17.0. The van der Waals surface area contributed by atoms with Crippen LogP contribution in [0.1, 0.15) is 12.0 Å². The van der Waals surface area contributed by atoms with Crippen LogP contribution in [0.25, 0.3) is 0 Å². The fourth-order valence-electron chi connectivity index (χ4n) is 1.72. The first-order valence-electron chi connectivity index (χ1n) is 6.19. The van der Waals surface area contributed by atoms with Crippen molar-refractivity contribution in [3.05, 3.63) is 33.8 Å². The van der Waals surface area contributed by atoms with Crippen LogP contribution in [0.3, 0.4) is 0 Å². The van der Waals surface area contributed by atoms with E-state index in [-0.39, 0.29) is 5.84 Å². The lowest BCUT2D eigenvalue weighted by atomic mass is 10.2. The molecule has 0 spiro atoms. The van der Waals surface area contributed by atoms with Gasteiger partial charge in [0.15, 0.2) is 0 Å². The first-order valence-corrected chi connectivity index (χ1v) is 6.94. The summed E-state index contributed by atoms with van der Waals surface area (Å²) in [5.74, 6) is 0.192. The third-order valence-electron chi connectivity index (χ3n) is 2.87. The standard InChI is InChI=1S/C13H19Cl2N3O2/c1-20-8-7-18(6-5-13(16)17-19)9-10-11(14)3-2-4-12(10)15/h2-4,19H,5-9H2,1H3,(H2,16,17). The van der Waals surface area contributed by atoms with E-state index in [4.69, 9.17) is 38.9 Å². The van der Waals surface area contributed by atoms with Crippen LogP contribution in [0, 0.1) is 0 Å². The summed E-state index contributed by atoms with van der Waals surface area (Å²) in [5.41, 5.74) is 6.36. The number of amidine groups is 1. The molecule has 0 radical (unpaired) electrons. The molecule has 0 aliphatic rings. The molecule has 0 saturated heterocycles. The van der Waals surface area contributed by atoms with E-state index in [0.717, 1.165) is 5.56 Å². The number of benzene rings is 1. The number of rotatable bonds is 8. The normalized spacial score (nSPS) is 12.1. The van der Waals surface area contributed by atoms with Crippen LogP contribution in [-0.2, 0) is 11.3 Å². The maximum Gasteiger partial charge on any atom is 0.140 e. The minimum Gasteiger partial charge on any atom is -0.409 e. The fraction of sp³-hybridized carbons (Fsp3) is 0.462. The summed E-state index contributed by atoms with van der Waals surface area (Å²) in [6, 6.07) is 5.42. The predicted molar refractivity (Wildman–Crippen MR) is 81.6 cm³/mol. The van der Waals surface area contributed by atoms with E-state index in [0.29, 0.717) is 42.7 Å². The smallest absolute Gasteiger partial charge is 0.140 e. The molecule has 0 aliphatic heterocycles. The Morgan fingerprint density at radius 1 is 1.35 bits per heavy atom. The lowest BCUT2D eigenvalue weighted by Crippen LogP contribution is -2.31. The van der Waals surface area contributed by atoms with E-state index < -0.39 is 0 Å². The monoisotopic (exact) mass is 319 g/mol. The molecule has 0 bridgehead atoms. The van der Waals surface area contributed by atoms with E-state index in [1.165, 1.54) is 0 Å². The summed E-state index contributed by atoms with van der Waals surface area (Å²) in [4.78, 5) is 2.09. The molecule has 1 rings (SSSR count). The van der Waals surface area contributed by atoms with Gasteiger partial charge in [-0.2, -0.15) is 0 Å². The van der Waals surface area contributed by atoms with Gasteiger partial charge in [-0.05, 0) is 12.1 Å². The van der Waals surface area contributed by atoms with Crippen molar-refractivity contribution < 1.29 is 9.94 Å². The molecule has 1 aromatic carbocycles. The van der Waals surface area contributed by atoms with Gasteiger partial charge in [-0.25, -0.2) is 0 Å². The van der Waals surface area contributed by atoms with E-state index >= 15 is 0 Å². The second-order valence-corrected chi connectivity index (χ2v) is 5.12. The van der Waals surface area contributed by atoms with Crippen molar-refractivity contribution in [2.75, 3.05) is 26.8 Å². The van der Waals surface area contributed by atoms with Crippen molar-refractivity contribution >= 4 is 29.0 Å². The van der Waals surface area contributed by atoms with Crippen molar-refractivity contribution in [3.8, 4) is 0 Å². The van der Waals surface area contributed by atoms with Crippen LogP contribution in [-0.4, -0.2) is 42.7 Å². The Kier molecular flexibility index (Phi) is 7.69. The number of hydrogen-bond donors (Lipinski definition) is 2. The highest BCUT2D eigenvalue weighted by Gasteiger charge is 2.12. The SMILES string of the molecule is COCCN(CCC(N)=NO)Cc1c(Cl)cccc1Cl. The third kappa shape index (κ3) is 5.54. The van der Waals surface area contributed by atoms with Crippen molar-refractivity contribution in [3.63, 3.8) is 0 Å². The van der Waals surface area contributed by atoms with Crippen LogP contribution >= 0.6 is 23.2 Å². The van der Waals surface area contributed by atoms with Gasteiger partial charge in [-0.15, -0.1) is 0 Å². The van der Waals surface area contributed by atoms with Crippen molar-refractivity contribution in [1.82, 2.24) is 4.90 Å². The second-order valence-electron chi connectivity index (χ2n) is 4.31. The average Bonchev–Trinajstić information content (AvgIpc) is 2.44. The largest absolute Gasteiger partial charge is 0.409 e. The quantitative estimate of drug-likeness (QED) is 0.334. The number of nitrogens with two attached hydrogens (primary N) is 1. The summed E-state index contributed by atoms with van der Waals surface area (Å²) in [7, 11) is 1.64. The molecule has 5 nitrogen and oxygen atoms in total. The highest BCUT2D eigenvalue weighted by molar-refractivity contribution is 6.35. The molecule has 0 unspecified atom stereocenters. The summed E-state index contributed by atoms with van der Waals surface area (Å²) >= 11 is 12.3. The molecule has 0 saturated carbocycles. The number of nitrogens with zero attached hydrogens (tertiary/aromatic N) is 2. The Balaban J connectivity index is 2.73. The highest BCUT2D eigenvalue weighted by atomic mass is 35.5. The Morgan fingerprint density at radius 3 is 2.55 bits per heavy atom. The van der Waals surface area contributed by atoms with Gasteiger partial charge in [0.25, 0.3) is 0 Å². The first-order chi connectivity index (χ1) is 9.58. The van der Waals surface area contributed by atoms with Gasteiger partial charge in [0.05, 0.1) is 6.61 Å². The van der Waals surface area contributed by atoms with Gasteiger partial charge < -0.3 is 15.7 Å². The summed E-state index contributed by atoms with van der Waals surface area (Å²) in [6.07, 6.45) is 0.461. The zero-order chi connectivity index (χ0) is 15.0. The van der Waals surface area contributed by atoms with Gasteiger partial charge in [0.1, 0.15) is 5.84 Å². The van der Waals surface area contributed by atoms with Gasteiger partial charge >= 0.3 is 0 Å². The predicted octanol–water partition coefficient (Wildman–Crippen LogP) is 2.58. The molecule has 7 heteroatoms. The fourth-order valence-corrected chi connectivity index (χ4v) is 2.24. The van der Waals surface area contributed by atoms with Crippen LogP contribution < -0.4 is 5.73 Å². The number of halogens is 2. The van der Waals surface area contributed by atoms with Crippen LogP contribution in [0.2, 0.25) is 10.0 Å². The van der Waals surface area contributed by atoms with Gasteiger partial charge in [-0.1, -0.05) is 34.4 Å². The van der Waals surface area contributed by atoms with E-state index in [9.17, 15) is 0 Å². The molecular formula is C13H19Cl2N3O2. The summed E-state index contributed by atoms with van der Waals surface area (Å²) in [6.45, 7) is 2.50. The molecule has 112 valence electrons. The number of ether oxygens (including phenoxy) is 1. The lowest BCUT2D eigenvalue weighted by Gasteiger charge is -2.22. The van der Waals surface area contributed by atoms with Gasteiger partial charge in [-0.3, -0.25) is 4.90 Å². The van der Waals surface area contributed by atoms with E-state index in [1.807, 2.05) is 6.07 Å². The number of oxime groups is 1. The molecular weight excluding hydrogens is 301 g/mol. The molecule has 0 fully saturated rings. The van der Waals surface area contributed by atoms with Crippen LogP contribution in [0.15, 0.2) is 23.4 Å². The third-order valence-corrected chi connectivity index (χ3v) is 3.58.